The molecule has 106 valence electrons. The van der Waals surface area contributed by atoms with E-state index in [0.717, 1.165) is 0 Å². The van der Waals surface area contributed by atoms with Gasteiger partial charge in [0.1, 0.15) is 16.7 Å². The number of phenols is 1. The van der Waals surface area contributed by atoms with Gasteiger partial charge in [-0.15, -0.1) is 0 Å². The number of aryl methyl sites for hydroxylation is 1. The maximum absolute atomic E-state index is 11.1. The second kappa shape index (κ2) is 5.60. The number of benzene rings is 1. The Balaban J connectivity index is 2.25. The molecular weight excluding hydrogens is 264 g/mol. The average Bonchev–Trinajstić information content (AvgIpc) is 2.71. The van der Waals surface area contributed by atoms with Crippen LogP contribution in [0.3, 0.4) is 0 Å². The Labute approximate surface area is 114 Å². The number of carbonyl (C=O) groups is 1. The van der Waals surface area contributed by atoms with Gasteiger partial charge in [0.2, 0.25) is 5.91 Å². The van der Waals surface area contributed by atoms with E-state index in [1.807, 2.05) is 0 Å². The third kappa shape index (κ3) is 2.87. The van der Waals surface area contributed by atoms with Crippen molar-refractivity contribution < 1.29 is 19.2 Å². The number of fused-ring (bicyclic) bond motifs is 1. The van der Waals surface area contributed by atoms with Crippen molar-refractivity contribution in [3.05, 3.63) is 34.1 Å². The van der Waals surface area contributed by atoms with E-state index in [2.05, 4.69) is 5.32 Å². The highest BCUT2D eigenvalue weighted by Crippen LogP contribution is 2.35. The Morgan fingerprint density at radius 1 is 1.50 bits per heavy atom. The summed E-state index contributed by atoms with van der Waals surface area (Å²) in [7, 11) is 0. The predicted octanol–water partition coefficient (Wildman–Crippen LogP) is 2.12. The van der Waals surface area contributed by atoms with Crippen molar-refractivity contribution in [1.29, 1.82) is 0 Å². The first kappa shape index (κ1) is 13.9. The predicted molar refractivity (Wildman–Crippen MR) is 71.5 cm³/mol. The van der Waals surface area contributed by atoms with Gasteiger partial charge in [-0.3, -0.25) is 14.9 Å². The molecule has 0 atom stereocenters. The van der Waals surface area contributed by atoms with Crippen LogP contribution in [-0.4, -0.2) is 22.5 Å². The van der Waals surface area contributed by atoms with Gasteiger partial charge < -0.3 is 14.8 Å². The van der Waals surface area contributed by atoms with E-state index < -0.39 is 4.92 Å². The second-order valence-electron chi connectivity index (χ2n) is 4.40. The minimum Gasteiger partial charge on any atom is -0.508 e. The fourth-order valence-electron chi connectivity index (χ4n) is 2.01. The number of aromatic hydroxyl groups is 1. The first-order valence-corrected chi connectivity index (χ1v) is 6.12. The summed E-state index contributed by atoms with van der Waals surface area (Å²) in [5, 5.41) is 23.5. The van der Waals surface area contributed by atoms with Gasteiger partial charge in [0.25, 0.3) is 0 Å². The standard InChI is InChI=1S/C13H14N2O5/c1-8(16)14-6-2-3-12-13(15(18)19)10-7-9(17)4-5-11(10)20-12/h4-5,7,17H,2-3,6H2,1H3,(H,14,16). The van der Waals surface area contributed by atoms with Crippen molar-refractivity contribution in [3.63, 3.8) is 0 Å². The molecule has 0 aliphatic heterocycles. The van der Waals surface area contributed by atoms with Crippen LogP contribution >= 0.6 is 0 Å². The lowest BCUT2D eigenvalue weighted by molar-refractivity contribution is -0.384. The van der Waals surface area contributed by atoms with Crippen LogP contribution in [0.1, 0.15) is 19.1 Å². The fraction of sp³-hybridized carbons (Fsp3) is 0.308. The highest BCUT2D eigenvalue weighted by molar-refractivity contribution is 5.89. The summed E-state index contributed by atoms with van der Waals surface area (Å²) in [6.45, 7) is 1.83. The van der Waals surface area contributed by atoms with Gasteiger partial charge in [0.05, 0.1) is 4.92 Å². The van der Waals surface area contributed by atoms with Gasteiger partial charge in [-0.25, -0.2) is 0 Å². The van der Waals surface area contributed by atoms with Gasteiger partial charge in [0, 0.05) is 19.9 Å². The fourth-order valence-corrected chi connectivity index (χ4v) is 2.01. The largest absolute Gasteiger partial charge is 0.508 e. The summed E-state index contributed by atoms with van der Waals surface area (Å²) in [4.78, 5) is 21.4. The molecule has 2 N–H and O–H groups in total. The SMILES string of the molecule is CC(=O)NCCCc1oc2ccc(O)cc2c1[N+](=O)[O-]. The topological polar surface area (TPSA) is 106 Å². The third-order valence-corrected chi connectivity index (χ3v) is 2.85. The van der Waals surface area contributed by atoms with E-state index >= 15 is 0 Å². The third-order valence-electron chi connectivity index (χ3n) is 2.85. The van der Waals surface area contributed by atoms with Gasteiger partial charge in [-0.2, -0.15) is 0 Å². The molecule has 20 heavy (non-hydrogen) atoms. The van der Waals surface area contributed by atoms with E-state index in [0.29, 0.717) is 25.0 Å². The van der Waals surface area contributed by atoms with Crippen LogP contribution in [0.2, 0.25) is 0 Å². The van der Waals surface area contributed by atoms with E-state index in [4.69, 9.17) is 4.42 Å². The van der Waals surface area contributed by atoms with Gasteiger partial charge in [-0.05, 0) is 24.6 Å². The molecule has 1 heterocycles. The molecule has 0 spiro atoms. The summed E-state index contributed by atoms with van der Waals surface area (Å²) in [5.74, 6) is 0.0566. The quantitative estimate of drug-likeness (QED) is 0.495. The van der Waals surface area contributed by atoms with Crippen LogP contribution in [0.5, 0.6) is 5.75 Å². The number of nitro groups is 1. The van der Waals surface area contributed by atoms with Crippen molar-refractivity contribution in [3.8, 4) is 5.75 Å². The summed E-state index contributed by atoms with van der Waals surface area (Å²) in [6.07, 6.45) is 0.873. The zero-order chi connectivity index (χ0) is 14.7. The molecule has 2 rings (SSSR count). The lowest BCUT2D eigenvalue weighted by Gasteiger charge is -1.99. The summed E-state index contributed by atoms with van der Waals surface area (Å²) >= 11 is 0. The minimum atomic E-state index is -0.515. The molecule has 1 aromatic carbocycles. The van der Waals surface area contributed by atoms with Crippen LogP contribution < -0.4 is 5.32 Å². The molecule has 0 bridgehead atoms. The maximum Gasteiger partial charge on any atom is 0.318 e. The average molecular weight is 278 g/mol. The number of hydrogen-bond acceptors (Lipinski definition) is 5. The summed E-state index contributed by atoms with van der Waals surface area (Å²) in [6, 6.07) is 4.22. The Morgan fingerprint density at radius 3 is 2.90 bits per heavy atom. The summed E-state index contributed by atoms with van der Waals surface area (Å²) < 4.78 is 5.46. The summed E-state index contributed by atoms with van der Waals surface area (Å²) in [5.41, 5.74) is 0.239. The zero-order valence-electron chi connectivity index (χ0n) is 10.9. The second-order valence-corrected chi connectivity index (χ2v) is 4.40. The molecule has 7 heteroatoms. The van der Waals surface area contributed by atoms with Crippen molar-refractivity contribution in [2.75, 3.05) is 6.54 Å². The first-order chi connectivity index (χ1) is 9.49. The number of furan rings is 1. The number of phenolic OH excluding ortho intramolecular Hbond substituents is 1. The molecule has 0 aliphatic carbocycles. The van der Waals surface area contributed by atoms with Crippen molar-refractivity contribution in [2.24, 2.45) is 0 Å². The van der Waals surface area contributed by atoms with Crippen LogP contribution in [0.15, 0.2) is 22.6 Å². The highest BCUT2D eigenvalue weighted by atomic mass is 16.6. The molecule has 1 amide bonds. The Bertz CT molecular complexity index is 662. The van der Waals surface area contributed by atoms with Crippen LogP contribution in [0, 0.1) is 10.1 Å². The van der Waals surface area contributed by atoms with Crippen molar-refractivity contribution in [1.82, 2.24) is 5.32 Å². The number of nitrogens with zero attached hydrogens (tertiary/aromatic N) is 1. The van der Waals surface area contributed by atoms with E-state index in [1.165, 1.54) is 25.1 Å². The van der Waals surface area contributed by atoms with Gasteiger partial charge in [-0.1, -0.05) is 0 Å². The normalized spacial score (nSPS) is 10.7. The van der Waals surface area contributed by atoms with Crippen LogP contribution in [-0.2, 0) is 11.2 Å². The molecule has 0 unspecified atom stereocenters. The molecule has 0 saturated heterocycles. The number of hydrogen-bond donors (Lipinski definition) is 2. The molecule has 0 radical (unpaired) electrons. The molecule has 2 aromatic rings. The van der Waals surface area contributed by atoms with Crippen LogP contribution in [0.4, 0.5) is 5.69 Å². The monoisotopic (exact) mass is 278 g/mol. The van der Waals surface area contributed by atoms with Gasteiger partial charge >= 0.3 is 5.69 Å². The lowest BCUT2D eigenvalue weighted by atomic mass is 10.1. The number of amides is 1. The zero-order valence-corrected chi connectivity index (χ0v) is 10.9. The molecular formula is C13H14N2O5. The van der Waals surface area contributed by atoms with Crippen LogP contribution in [0.25, 0.3) is 11.0 Å². The Morgan fingerprint density at radius 2 is 2.25 bits per heavy atom. The minimum absolute atomic E-state index is 0.0498. The molecule has 0 saturated carbocycles. The number of nitrogens with one attached hydrogen (secondary N) is 1. The molecule has 0 fully saturated rings. The van der Waals surface area contributed by atoms with Crippen molar-refractivity contribution >= 4 is 22.6 Å². The smallest absolute Gasteiger partial charge is 0.318 e. The van der Waals surface area contributed by atoms with E-state index in [9.17, 15) is 20.0 Å². The maximum atomic E-state index is 11.1. The Kier molecular flexibility index (Phi) is 3.88. The van der Waals surface area contributed by atoms with Crippen molar-refractivity contribution in [2.45, 2.75) is 19.8 Å². The number of rotatable bonds is 5. The molecule has 0 aliphatic rings. The van der Waals surface area contributed by atoms with E-state index in [1.54, 1.807) is 0 Å². The lowest BCUT2D eigenvalue weighted by Crippen LogP contribution is -2.21. The van der Waals surface area contributed by atoms with Gasteiger partial charge in [0.15, 0.2) is 5.76 Å². The first-order valence-electron chi connectivity index (χ1n) is 6.12. The highest BCUT2D eigenvalue weighted by Gasteiger charge is 2.24. The molecule has 1 aromatic heterocycles. The molecule has 7 nitrogen and oxygen atoms in total. The number of carbonyl (C=O) groups excluding carboxylic acids is 1. The Hall–Kier alpha value is -2.57. The van der Waals surface area contributed by atoms with E-state index in [-0.39, 0.29) is 28.5 Å².